The van der Waals surface area contributed by atoms with E-state index in [2.05, 4.69) is 5.32 Å². The molecule has 0 amide bonds. The van der Waals surface area contributed by atoms with E-state index in [1.54, 1.807) is 24.3 Å². The largest absolute Gasteiger partial charge is 0.457 e. The second kappa shape index (κ2) is 8.54. The Morgan fingerprint density at radius 2 is 1.43 bits per heavy atom. The van der Waals surface area contributed by atoms with Crippen LogP contribution in [0.2, 0.25) is 0 Å². The molecule has 3 rings (SSSR count). The first-order valence-electron chi connectivity index (χ1n) is 8.87. The Hall–Kier alpha value is -2.70. The summed E-state index contributed by atoms with van der Waals surface area (Å²) in [5.74, 6) is 0.965. The van der Waals surface area contributed by atoms with Gasteiger partial charge in [-0.3, -0.25) is 0 Å². The third-order valence-corrected chi connectivity index (χ3v) is 5.52. The van der Waals surface area contributed by atoms with Crippen LogP contribution in [-0.4, -0.2) is 14.7 Å². The van der Waals surface area contributed by atoms with Gasteiger partial charge in [0.05, 0.1) is 4.90 Å². The van der Waals surface area contributed by atoms with E-state index in [0.29, 0.717) is 22.9 Å². The molecule has 0 aliphatic heterocycles. The van der Waals surface area contributed by atoms with Gasteiger partial charge in [-0.05, 0) is 66.6 Å². The van der Waals surface area contributed by atoms with Crippen molar-refractivity contribution in [2.45, 2.75) is 24.4 Å². The number of ether oxygens (including phenoxy) is 1. The Bertz CT molecular complexity index is 1010. The Morgan fingerprint density at radius 3 is 1.96 bits per heavy atom. The first-order valence-corrected chi connectivity index (χ1v) is 10.8. The fourth-order valence-electron chi connectivity index (χ4n) is 2.71. The van der Waals surface area contributed by atoms with Crippen molar-refractivity contribution in [1.82, 2.24) is 5.32 Å². The van der Waals surface area contributed by atoms with Gasteiger partial charge < -0.3 is 10.1 Å². The smallest absolute Gasteiger partial charge is 0.175 e. The molecule has 0 saturated carbocycles. The molecule has 0 saturated heterocycles. The van der Waals surface area contributed by atoms with Crippen LogP contribution >= 0.6 is 0 Å². The minimum Gasteiger partial charge on any atom is -0.457 e. The van der Waals surface area contributed by atoms with Gasteiger partial charge >= 0.3 is 0 Å². The topological polar surface area (TPSA) is 55.4 Å². The maximum Gasteiger partial charge on any atom is 0.175 e. The van der Waals surface area contributed by atoms with Gasteiger partial charge in [0, 0.05) is 18.8 Å². The molecule has 28 heavy (non-hydrogen) atoms. The Morgan fingerprint density at radius 1 is 0.893 bits per heavy atom. The van der Waals surface area contributed by atoms with Crippen molar-refractivity contribution >= 4 is 9.84 Å². The minimum atomic E-state index is -3.18. The van der Waals surface area contributed by atoms with E-state index in [9.17, 15) is 12.8 Å². The van der Waals surface area contributed by atoms with Gasteiger partial charge in [0.15, 0.2) is 9.84 Å². The third-order valence-electron chi connectivity index (χ3n) is 4.39. The molecule has 1 atom stereocenters. The molecule has 6 heteroatoms. The Balaban J connectivity index is 1.56. The summed E-state index contributed by atoms with van der Waals surface area (Å²) in [5, 5.41) is 3.42. The molecular formula is C22H22FNO3S. The second-order valence-corrected chi connectivity index (χ2v) is 8.66. The molecule has 1 N–H and O–H groups in total. The highest BCUT2D eigenvalue weighted by Gasteiger charge is 2.09. The van der Waals surface area contributed by atoms with Crippen LogP contribution in [0.25, 0.3) is 0 Å². The van der Waals surface area contributed by atoms with E-state index in [1.807, 2.05) is 43.3 Å². The summed E-state index contributed by atoms with van der Waals surface area (Å²) in [6.45, 7) is 2.69. The van der Waals surface area contributed by atoms with Crippen LogP contribution in [-0.2, 0) is 16.4 Å². The van der Waals surface area contributed by atoms with Crippen LogP contribution in [0.3, 0.4) is 0 Å². The lowest BCUT2D eigenvalue weighted by Gasteiger charge is -2.15. The highest BCUT2D eigenvalue weighted by Crippen LogP contribution is 2.22. The van der Waals surface area contributed by atoms with Gasteiger partial charge in [0.25, 0.3) is 0 Å². The predicted molar refractivity (Wildman–Crippen MR) is 108 cm³/mol. The first-order chi connectivity index (χ1) is 13.3. The maximum atomic E-state index is 12.9. The average molecular weight is 399 g/mol. The van der Waals surface area contributed by atoms with Gasteiger partial charge in [0.1, 0.15) is 17.3 Å². The lowest BCUT2D eigenvalue weighted by molar-refractivity contribution is 0.480. The summed E-state index contributed by atoms with van der Waals surface area (Å²) >= 11 is 0. The molecule has 0 aliphatic carbocycles. The highest BCUT2D eigenvalue weighted by molar-refractivity contribution is 7.90. The molecule has 0 heterocycles. The van der Waals surface area contributed by atoms with Gasteiger partial charge in [-0.1, -0.05) is 24.3 Å². The molecule has 0 aliphatic rings. The third kappa shape index (κ3) is 5.41. The van der Waals surface area contributed by atoms with Gasteiger partial charge in [-0.15, -0.1) is 0 Å². The average Bonchev–Trinajstić information content (AvgIpc) is 2.68. The monoisotopic (exact) mass is 399 g/mol. The van der Waals surface area contributed by atoms with E-state index in [1.165, 1.54) is 18.4 Å². The van der Waals surface area contributed by atoms with E-state index in [-0.39, 0.29) is 11.9 Å². The molecule has 0 fully saturated rings. The number of hydrogen-bond donors (Lipinski definition) is 1. The Kier molecular flexibility index (Phi) is 6.11. The molecule has 0 spiro atoms. The number of sulfone groups is 1. The number of halogens is 1. The zero-order chi connectivity index (χ0) is 20.1. The summed E-state index contributed by atoms with van der Waals surface area (Å²) in [6, 6.07) is 20.5. The van der Waals surface area contributed by atoms with Crippen LogP contribution in [0.15, 0.2) is 77.7 Å². The molecule has 3 aromatic rings. The summed E-state index contributed by atoms with van der Waals surface area (Å²) in [4.78, 5) is 0.320. The number of nitrogens with one attached hydrogen (secondary N) is 1. The number of rotatable bonds is 7. The zero-order valence-electron chi connectivity index (χ0n) is 15.7. The molecule has 1 unspecified atom stereocenters. The first kappa shape index (κ1) is 20.0. The van der Waals surface area contributed by atoms with Crippen molar-refractivity contribution in [1.29, 1.82) is 0 Å². The number of benzene rings is 3. The fraction of sp³-hybridized carbons (Fsp3) is 0.182. The van der Waals surface area contributed by atoms with Crippen LogP contribution in [0.5, 0.6) is 11.5 Å². The van der Waals surface area contributed by atoms with Crippen LogP contribution in [0.1, 0.15) is 24.1 Å². The normalized spacial score (nSPS) is 12.5. The quantitative estimate of drug-likeness (QED) is 0.616. The molecule has 146 valence electrons. The van der Waals surface area contributed by atoms with Crippen LogP contribution < -0.4 is 10.1 Å². The molecule has 0 radical (unpaired) electrons. The van der Waals surface area contributed by atoms with E-state index >= 15 is 0 Å². The van der Waals surface area contributed by atoms with Crippen molar-refractivity contribution in [3.05, 3.63) is 89.7 Å². The fourth-order valence-corrected chi connectivity index (χ4v) is 3.34. The van der Waals surface area contributed by atoms with Crippen LogP contribution in [0, 0.1) is 5.82 Å². The summed E-state index contributed by atoms with van der Waals surface area (Å²) in [6.07, 6.45) is 1.20. The SMILES string of the molecule is CC(NCc1ccc(Oc2ccc(F)cc2)cc1)c1ccc(S(C)(=O)=O)cc1. The van der Waals surface area contributed by atoms with E-state index in [4.69, 9.17) is 4.74 Å². The summed E-state index contributed by atoms with van der Waals surface area (Å²) < 4.78 is 41.7. The summed E-state index contributed by atoms with van der Waals surface area (Å²) in [7, 11) is -3.18. The van der Waals surface area contributed by atoms with Crippen LogP contribution in [0.4, 0.5) is 4.39 Å². The molecule has 0 aromatic heterocycles. The molecule has 0 bridgehead atoms. The van der Waals surface area contributed by atoms with E-state index < -0.39 is 9.84 Å². The zero-order valence-corrected chi connectivity index (χ0v) is 16.5. The van der Waals surface area contributed by atoms with Crippen molar-refractivity contribution in [3.8, 4) is 11.5 Å². The second-order valence-electron chi connectivity index (χ2n) is 6.64. The lowest BCUT2D eigenvalue weighted by Crippen LogP contribution is -2.18. The number of hydrogen-bond acceptors (Lipinski definition) is 4. The molecular weight excluding hydrogens is 377 g/mol. The lowest BCUT2D eigenvalue weighted by atomic mass is 10.1. The predicted octanol–water partition coefficient (Wildman–Crippen LogP) is 4.87. The molecule has 4 nitrogen and oxygen atoms in total. The van der Waals surface area contributed by atoms with Gasteiger partial charge in [0.2, 0.25) is 0 Å². The van der Waals surface area contributed by atoms with Crippen molar-refractivity contribution in [3.63, 3.8) is 0 Å². The maximum absolute atomic E-state index is 12.9. The van der Waals surface area contributed by atoms with Crippen molar-refractivity contribution < 1.29 is 17.5 Å². The van der Waals surface area contributed by atoms with Crippen molar-refractivity contribution in [2.75, 3.05) is 6.26 Å². The minimum absolute atomic E-state index is 0.0729. The summed E-state index contributed by atoms with van der Waals surface area (Å²) in [5.41, 5.74) is 2.11. The van der Waals surface area contributed by atoms with Gasteiger partial charge in [-0.2, -0.15) is 0 Å². The van der Waals surface area contributed by atoms with Crippen molar-refractivity contribution in [2.24, 2.45) is 0 Å². The highest BCUT2D eigenvalue weighted by atomic mass is 32.2. The van der Waals surface area contributed by atoms with E-state index in [0.717, 1.165) is 11.1 Å². The standard InChI is InChI=1S/C22H22FNO3S/c1-16(18-5-13-22(14-6-18)28(2,25)26)24-15-17-3-9-20(10-4-17)27-21-11-7-19(23)8-12-21/h3-14,16,24H,15H2,1-2H3. The molecule has 3 aromatic carbocycles. The van der Waals surface area contributed by atoms with Gasteiger partial charge in [-0.25, -0.2) is 12.8 Å². The Labute approximate surface area is 164 Å².